The Balaban J connectivity index is 1.98. The SMILES string of the molecule is CO[C@@H](C(=O)NCc1nnc(C)o1)c1ccccc1. The van der Waals surface area contributed by atoms with Crippen molar-refractivity contribution >= 4 is 5.91 Å². The van der Waals surface area contributed by atoms with Crippen molar-refractivity contribution in [1.29, 1.82) is 0 Å². The van der Waals surface area contributed by atoms with E-state index >= 15 is 0 Å². The molecule has 1 atom stereocenters. The van der Waals surface area contributed by atoms with E-state index in [0.717, 1.165) is 5.56 Å². The van der Waals surface area contributed by atoms with Crippen molar-refractivity contribution in [2.75, 3.05) is 7.11 Å². The molecule has 1 aromatic heterocycles. The number of nitrogens with zero attached hydrogens (tertiary/aromatic N) is 2. The molecule has 0 aliphatic heterocycles. The van der Waals surface area contributed by atoms with Crippen LogP contribution in [0.2, 0.25) is 0 Å². The lowest BCUT2D eigenvalue weighted by Crippen LogP contribution is -2.30. The second kappa shape index (κ2) is 6.10. The zero-order valence-corrected chi connectivity index (χ0v) is 10.8. The van der Waals surface area contributed by atoms with Crippen molar-refractivity contribution in [1.82, 2.24) is 15.5 Å². The number of amides is 1. The second-order valence-electron chi connectivity index (χ2n) is 3.96. The highest BCUT2D eigenvalue weighted by atomic mass is 16.5. The third-order valence-electron chi connectivity index (χ3n) is 2.56. The van der Waals surface area contributed by atoms with Crippen molar-refractivity contribution in [3.63, 3.8) is 0 Å². The van der Waals surface area contributed by atoms with E-state index < -0.39 is 6.10 Å². The lowest BCUT2D eigenvalue weighted by Gasteiger charge is -2.14. The van der Waals surface area contributed by atoms with Crippen LogP contribution in [0.4, 0.5) is 0 Å². The molecule has 2 aromatic rings. The Hall–Kier alpha value is -2.21. The first-order chi connectivity index (χ1) is 9.20. The van der Waals surface area contributed by atoms with Gasteiger partial charge in [-0.3, -0.25) is 4.79 Å². The van der Waals surface area contributed by atoms with Gasteiger partial charge in [-0.25, -0.2) is 0 Å². The maximum absolute atomic E-state index is 12.0. The molecule has 1 aromatic carbocycles. The Bertz CT molecular complexity index is 539. The molecule has 0 radical (unpaired) electrons. The van der Waals surface area contributed by atoms with E-state index in [2.05, 4.69) is 15.5 Å². The monoisotopic (exact) mass is 261 g/mol. The van der Waals surface area contributed by atoms with E-state index in [9.17, 15) is 4.79 Å². The maximum atomic E-state index is 12.0. The summed E-state index contributed by atoms with van der Waals surface area (Å²) in [5, 5.41) is 10.2. The largest absolute Gasteiger partial charge is 0.424 e. The molecule has 0 fully saturated rings. The predicted octanol–water partition coefficient (Wildman–Crippen LogP) is 1.38. The molecule has 0 unspecified atom stereocenters. The first kappa shape index (κ1) is 13.2. The summed E-state index contributed by atoms with van der Waals surface area (Å²) in [4.78, 5) is 12.0. The number of carbonyl (C=O) groups is 1. The van der Waals surface area contributed by atoms with Crippen LogP contribution in [0, 0.1) is 6.92 Å². The molecule has 1 heterocycles. The molecule has 1 amide bonds. The van der Waals surface area contributed by atoms with Crippen LogP contribution >= 0.6 is 0 Å². The summed E-state index contributed by atoms with van der Waals surface area (Å²) < 4.78 is 10.4. The van der Waals surface area contributed by atoms with E-state index in [4.69, 9.17) is 9.15 Å². The zero-order chi connectivity index (χ0) is 13.7. The zero-order valence-electron chi connectivity index (χ0n) is 10.8. The molecule has 0 bridgehead atoms. The molecule has 100 valence electrons. The maximum Gasteiger partial charge on any atom is 0.254 e. The highest BCUT2D eigenvalue weighted by Gasteiger charge is 2.19. The van der Waals surface area contributed by atoms with Gasteiger partial charge < -0.3 is 14.5 Å². The number of nitrogens with one attached hydrogen (secondary N) is 1. The van der Waals surface area contributed by atoms with E-state index in [1.807, 2.05) is 30.3 Å². The second-order valence-corrected chi connectivity index (χ2v) is 3.96. The van der Waals surface area contributed by atoms with Crippen molar-refractivity contribution in [2.45, 2.75) is 19.6 Å². The van der Waals surface area contributed by atoms with Crippen LogP contribution in [-0.2, 0) is 16.1 Å². The molecule has 0 spiro atoms. The highest BCUT2D eigenvalue weighted by molar-refractivity contribution is 5.82. The third kappa shape index (κ3) is 3.38. The fourth-order valence-corrected chi connectivity index (χ4v) is 1.69. The number of methoxy groups -OCH3 is 1. The quantitative estimate of drug-likeness (QED) is 0.879. The van der Waals surface area contributed by atoms with Gasteiger partial charge in [-0.1, -0.05) is 30.3 Å². The van der Waals surface area contributed by atoms with Crippen LogP contribution in [0.3, 0.4) is 0 Å². The first-order valence-corrected chi connectivity index (χ1v) is 5.85. The van der Waals surface area contributed by atoms with Crippen LogP contribution < -0.4 is 5.32 Å². The van der Waals surface area contributed by atoms with Crippen LogP contribution in [0.5, 0.6) is 0 Å². The number of aryl methyl sites for hydroxylation is 1. The summed E-state index contributed by atoms with van der Waals surface area (Å²) >= 11 is 0. The van der Waals surface area contributed by atoms with E-state index in [1.54, 1.807) is 6.92 Å². The van der Waals surface area contributed by atoms with Crippen molar-refractivity contribution in [2.24, 2.45) is 0 Å². The normalized spacial score (nSPS) is 12.1. The Morgan fingerprint density at radius 3 is 2.68 bits per heavy atom. The minimum absolute atomic E-state index is 0.187. The van der Waals surface area contributed by atoms with Crippen molar-refractivity contribution in [3.8, 4) is 0 Å². The van der Waals surface area contributed by atoms with Gasteiger partial charge in [0.05, 0.1) is 6.54 Å². The van der Waals surface area contributed by atoms with E-state index in [0.29, 0.717) is 11.8 Å². The summed E-state index contributed by atoms with van der Waals surface area (Å²) in [7, 11) is 1.49. The van der Waals surface area contributed by atoms with Gasteiger partial charge in [-0.2, -0.15) is 0 Å². The number of hydrogen-bond donors (Lipinski definition) is 1. The number of aromatic nitrogens is 2. The standard InChI is InChI=1S/C13H15N3O3/c1-9-15-16-11(19-9)8-14-13(17)12(18-2)10-6-4-3-5-7-10/h3-7,12H,8H2,1-2H3,(H,14,17)/t12-/m1/s1. The Morgan fingerprint density at radius 2 is 2.11 bits per heavy atom. The highest BCUT2D eigenvalue weighted by Crippen LogP contribution is 2.16. The first-order valence-electron chi connectivity index (χ1n) is 5.85. The lowest BCUT2D eigenvalue weighted by atomic mass is 10.1. The Morgan fingerprint density at radius 1 is 1.37 bits per heavy atom. The van der Waals surface area contributed by atoms with Crippen LogP contribution in [0.25, 0.3) is 0 Å². The topological polar surface area (TPSA) is 77.2 Å². The number of carbonyl (C=O) groups excluding carboxylic acids is 1. The summed E-state index contributed by atoms with van der Waals surface area (Å²) in [6, 6.07) is 9.27. The fraction of sp³-hybridized carbons (Fsp3) is 0.308. The third-order valence-corrected chi connectivity index (χ3v) is 2.56. The number of rotatable bonds is 5. The smallest absolute Gasteiger partial charge is 0.254 e. The predicted molar refractivity (Wildman–Crippen MR) is 67.1 cm³/mol. The lowest BCUT2D eigenvalue weighted by molar-refractivity contribution is -0.131. The van der Waals surface area contributed by atoms with E-state index in [1.165, 1.54) is 7.11 Å². The van der Waals surface area contributed by atoms with Gasteiger partial charge in [0, 0.05) is 14.0 Å². The van der Waals surface area contributed by atoms with Gasteiger partial charge in [0.1, 0.15) is 0 Å². The van der Waals surface area contributed by atoms with Gasteiger partial charge in [0.25, 0.3) is 5.91 Å². The van der Waals surface area contributed by atoms with Crippen molar-refractivity contribution < 1.29 is 13.9 Å². The fourth-order valence-electron chi connectivity index (χ4n) is 1.69. The molecule has 0 saturated heterocycles. The van der Waals surface area contributed by atoms with Gasteiger partial charge in [0.2, 0.25) is 11.8 Å². The molecule has 0 saturated carbocycles. The van der Waals surface area contributed by atoms with Crippen LogP contribution in [0.15, 0.2) is 34.7 Å². The number of hydrogen-bond acceptors (Lipinski definition) is 5. The minimum atomic E-state index is -0.648. The van der Waals surface area contributed by atoms with Gasteiger partial charge in [0.15, 0.2) is 6.10 Å². The molecule has 0 aliphatic rings. The van der Waals surface area contributed by atoms with Gasteiger partial charge in [-0.05, 0) is 5.56 Å². The summed E-state index contributed by atoms with van der Waals surface area (Å²) in [5.74, 6) is 0.592. The molecule has 19 heavy (non-hydrogen) atoms. The Kier molecular flexibility index (Phi) is 4.25. The summed E-state index contributed by atoms with van der Waals surface area (Å²) in [5.41, 5.74) is 0.796. The molecule has 0 aliphatic carbocycles. The molecule has 2 rings (SSSR count). The molecule has 1 N–H and O–H groups in total. The molecular formula is C13H15N3O3. The Labute approximate surface area is 110 Å². The van der Waals surface area contributed by atoms with Crippen LogP contribution in [0.1, 0.15) is 23.4 Å². The molecular weight excluding hydrogens is 246 g/mol. The minimum Gasteiger partial charge on any atom is -0.424 e. The van der Waals surface area contributed by atoms with E-state index in [-0.39, 0.29) is 12.5 Å². The number of benzene rings is 1. The van der Waals surface area contributed by atoms with Crippen LogP contribution in [-0.4, -0.2) is 23.2 Å². The van der Waals surface area contributed by atoms with Gasteiger partial charge in [-0.15, -0.1) is 10.2 Å². The summed E-state index contributed by atoms with van der Waals surface area (Å²) in [6.45, 7) is 1.88. The van der Waals surface area contributed by atoms with Crippen molar-refractivity contribution in [3.05, 3.63) is 47.7 Å². The molecule has 6 heteroatoms. The summed E-state index contributed by atoms with van der Waals surface area (Å²) in [6.07, 6.45) is -0.648. The molecule has 6 nitrogen and oxygen atoms in total. The van der Waals surface area contributed by atoms with Gasteiger partial charge >= 0.3 is 0 Å². The number of ether oxygens (including phenoxy) is 1. The average Bonchev–Trinajstić information content (AvgIpc) is 2.84. The average molecular weight is 261 g/mol.